The molecule has 0 saturated carbocycles. The van der Waals surface area contributed by atoms with E-state index in [4.69, 9.17) is 0 Å². The zero-order valence-corrected chi connectivity index (χ0v) is 10.1. The van der Waals surface area contributed by atoms with Crippen LogP contribution in [0.5, 0.6) is 0 Å². The number of aliphatic hydroxyl groups is 1. The summed E-state index contributed by atoms with van der Waals surface area (Å²) in [6.45, 7) is 0.686. The number of hydrogen-bond acceptors (Lipinski definition) is 3. The van der Waals surface area contributed by atoms with Gasteiger partial charge in [-0.05, 0) is 18.2 Å². The van der Waals surface area contributed by atoms with Crippen molar-refractivity contribution in [3.63, 3.8) is 0 Å². The summed E-state index contributed by atoms with van der Waals surface area (Å²) in [6.07, 6.45) is 5.62. The number of aliphatic hydroxyl groups excluding tert-OH is 1. The first-order valence-corrected chi connectivity index (χ1v) is 5.80. The molecule has 5 heteroatoms. The number of hydrogen-bond donors (Lipinski definition) is 1. The van der Waals surface area contributed by atoms with Gasteiger partial charge in [-0.3, -0.25) is 4.68 Å². The Morgan fingerprint density at radius 2 is 2.22 bits per heavy atom. The first-order chi connectivity index (χ1) is 8.78. The normalized spacial score (nSPS) is 11.2. The van der Waals surface area contributed by atoms with Gasteiger partial charge in [-0.25, -0.2) is 4.98 Å². The van der Waals surface area contributed by atoms with Gasteiger partial charge in [-0.1, -0.05) is 0 Å². The predicted molar refractivity (Wildman–Crippen MR) is 68.0 cm³/mol. The van der Waals surface area contributed by atoms with Crippen LogP contribution in [0.15, 0.2) is 36.8 Å². The number of nitrogens with zero attached hydrogens (tertiary/aromatic N) is 4. The van der Waals surface area contributed by atoms with Gasteiger partial charge in [-0.2, -0.15) is 5.10 Å². The summed E-state index contributed by atoms with van der Waals surface area (Å²) in [6, 6.07) is 5.84. The van der Waals surface area contributed by atoms with Gasteiger partial charge in [0, 0.05) is 36.6 Å². The molecule has 1 N–H and O–H groups in total. The Balaban J connectivity index is 2.06. The molecule has 0 fully saturated rings. The van der Waals surface area contributed by atoms with E-state index in [2.05, 4.69) is 10.1 Å². The highest BCUT2D eigenvalue weighted by atomic mass is 16.3. The molecule has 3 aromatic rings. The smallest absolute Gasteiger partial charge is 0.140 e. The minimum Gasteiger partial charge on any atom is -0.392 e. The van der Waals surface area contributed by atoms with E-state index in [1.165, 1.54) is 0 Å². The fourth-order valence-corrected chi connectivity index (χ4v) is 2.16. The second-order valence-electron chi connectivity index (χ2n) is 4.30. The van der Waals surface area contributed by atoms with Crippen molar-refractivity contribution < 1.29 is 5.11 Å². The standard InChI is InChI=1S/C13H14N4O/c1-16-6-4-11(15-16)8-17-7-10(9-18)12-3-2-5-14-13(12)17/h2-7,18H,8-9H2,1H3. The van der Waals surface area contributed by atoms with Gasteiger partial charge < -0.3 is 9.67 Å². The topological polar surface area (TPSA) is 55.9 Å². The van der Waals surface area contributed by atoms with Crippen LogP contribution in [-0.2, 0) is 20.2 Å². The maximum absolute atomic E-state index is 9.36. The fraction of sp³-hybridized carbons (Fsp3) is 0.231. The van der Waals surface area contributed by atoms with Crippen LogP contribution in [0.4, 0.5) is 0 Å². The number of pyridine rings is 1. The minimum absolute atomic E-state index is 0.0252. The van der Waals surface area contributed by atoms with Crippen molar-refractivity contribution in [1.82, 2.24) is 19.3 Å². The van der Waals surface area contributed by atoms with Gasteiger partial charge in [0.2, 0.25) is 0 Å². The zero-order chi connectivity index (χ0) is 12.5. The molecule has 0 aliphatic rings. The average molecular weight is 242 g/mol. The molecule has 0 bridgehead atoms. The molecule has 18 heavy (non-hydrogen) atoms. The number of rotatable bonds is 3. The van der Waals surface area contributed by atoms with Gasteiger partial charge in [0.1, 0.15) is 5.65 Å². The van der Waals surface area contributed by atoms with Crippen LogP contribution in [-0.4, -0.2) is 24.4 Å². The van der Waals surface area contributed by atoms with E-state index in [1.54, 1.807) is 10.9 Å². The van der Waals surface area contributed by atoms with E-state index in [9.17, 15) is 5.11 Å². The molecule has 3 aromatic heterocycles. The molecule has 0 atom stereocenters. The molecule has 0 spiro atoms. The third-order valence-electron chi connectivity index (χ3n) is 2.99. The fourth-order valence-electron chi connectivity index (χ4n) is 2.16. The molecule has 92 valence electrons. The van der Waals surface area contributed by atoms with Crippen LogP contribution in [0.2, 0.25) is 0 Å². The van der Waals surface area contributed by atoms with Gasteiger partial charge in [0.25, 0.3) is 0 Å². The third kappa shape index (κ3) is 1.78. The zero-order valence-electron chi connectivity index (χ0n) is 10.1. The molecule has 3 rings (SSSR count). The second-order valence-corrected chi connectivity index (χ2v) is 4.30. The summed E-state index contributed by atoms with van der Waals surface area (Å²) in [5, 5.41) is 14.7. The number of aromatic nitrogens is 4. The predicted octanol–water partition coefficient (Wildman–Crippen LogP) is 1.31. The van der Waals surface area contributed by atoms with E-state index in [0.717, 1.165) is 22.3 Å². The van der Waals surface area contributed by atoms with E-state index in [1.807, 2.05) is 42.2 Å². The largest absolute Gasteiger partial charge is 0.392 e. The Bertz CT molecular complexity index is 683. The lowest BCUT2D eigenvalue weighted by Gasteiger charge is -2.01. The first kappa shape index (κ1) is 11.0. The summed E-state index contributed by atoms with van der Waals surface area (Å²) in [5.74, 6) is 0. The van der Waals surface area contributed by atoms with Gasteiger partial charge >= 0.3 is 0 Å². The highest BCUT2D eigenvalue weighted by Gasteiger charge is 2.09. The van der Waals surface area contributed by atoms with E-state index in [-0.39, 0.29) is 6.61 Å². The van der Waals surface area contributed by atoms with Gasteiger partial charge in [0.05, 0.1) is 18.8 Å². The van der Waals surface area contributed by atoms with Crippen LogP contribution >= 0.6 is 0 Å². The van der Waals surface area contributed by atoms with E-state index >= 15 is 0 Å². The molecule has 5 nitrogen and oxygen atoms in total. The lowest BCUT2D eigenvalue weighted by molar-refractivity contribution is 0.283. The Morgan fingerprint density at radius 1 is 1.33 bits per heavy atom. The van der Waals surface area contributed by atoms with Crippen molar-refractivity contribution in [2.75, 3.05) is 0 Å². The minimum atomic E-state index is 0.0252. The molecular weight excluding hydrogens is 228 g/mol. The van der Waals surface area contributed by atoms with Crippen molar-refractivity contribution in [2.45, 2.75) is 13.2 Å². The molecule has 0 radical (unpaired) electrons. The molecule has 0 saturated heterocycles. The van der Waals surface area contributed by atoms with Crippen molar-refractivity contribution in [2.24, 2.45) is 7.05 Å². The van der Waals surface area contributed by atoms with Gasteiger partial charge in [-0.15, -0.1) is 0 Å². The summed E-state index contributed by atoms with van der Waals surface area (Å²) in [4.78, 5) is 4.37. The lowest BCUT2D eigenvalue weighted by Crippen LogP contribution is -2.00. The van der Waals surface area contributed by atoms with Crippen LogP contribution in [0.3, 0.4) is 0 Å². The summed E-state index contributed by atoms with van der Waals surface area (Å²) in [7, 11) is 1.90. The summed E-state index contributed by atoms with van der Waals surface area (Å²) >= 11 is 0. The van der Waals surface area contributed by atoms with Gasteiger partial charge in [0.15, 0.2) is 0 Å². The van der Waals surface area contributed by atoms with Crippen LogP contribution in [0, 0.1) is 0 Å². The van der Waals surface area contributed by atoms with Crippen molar-refractivity contribution in [1.29, 1.82) is 0 Å². The van der Waals surface area contributed by atoms with E-state index < -0.39 is 0 Å². The lowest BCUT2D eigenvalue weighted by atomic mass is 10.2. The number of fused-ring (bicyclic) bond motifs is 1. The Labute approximate surface area is 104 Å². The Hall–Kier alpha value is -2.14. The third-order valence-corrected chi connectivity index (χ3v) is 2.99. The van der Waals surface area contributed by atoms with Crippen LogP contribution in [0.25, 0.3) is 11.0 Å². The maximum Gasteiger partial charge on any atom is 0.140 e. The molecule has 0 amide bonds. The molecular formula is C13H14N4O. The monoisotopic (exact) mass is 242 g/mol. The average Bonchev–Trinajstić information content (AvgIpc) is 2.95. The SMILES string of the molecule is Cn1ccc(Cn2cc(CO)c3cccnc32)n1. The second kappa shape index (κ2) is 4.27. The van der Waals surface area contributed by atoms with E-state index in [0.29, 0.717) is 6.54 Å². The molecule has 3 heterocycles. The quantitative estimate of drug-likeness (QED) is 0.753. The van der Waals surface area contributed by atoms with Crippen LogP contribution in [0.1, 0.15) is 11.3 Å². The maximum atomic E-state index is 9.36. The van der Waals surface area contributed by atoms with Crippen LogP contribution < -0.4 is 0 Å². The van der Waals surface area contributed by atoms with Crippen molar-refractivity contribution >= 4 is 11.0 Å². The summed E-state index contributed by atoms with van der Waals surface area (Å²) in [5.41, 5.74) is 2.76. The molecule has 0 aliphatic carbocycles. The highest BCUT2D eigenvalue weighted by Crippen LogP contribution is 2.20. The first-order valence-electron chi connectivity index (χ1n) is 5.80. The molecule has 0 unspecified atom stereocenters. The summed E-state index contributed by atoms with van der Waals surface area (Å²) < 4.78 is 3.80. The number of aryl methyl sites for hydroxylation is 1. The Kier molecular flexibility index (Phi) is 2.60. The highest BCUT2D eigenvalue weighted by molar-refractivity contribution is 5.80. The van der Waals surface area contributed by atoms with Crippen molar-refractivity contribution in [3.8, 4) is 0 Å². The Morgan fingerprint density at radius 3 is 2.94 bits per heavy atom. The van der Waals surface area contributed by atoms with Crippen molar-refractivity contribution in [3.05, 3.63) is 48.0 Å². The molecule has 0 aliphatic heterocycles. The molecule has 0 aromatic carbocycles.